The van der Waals surface area contributed by atoms with E-state index in [2.05, 4.69) is 15.9 Å². The molecule has 5 nitrogen and oxygen atoms in total. The Bertz CT molecular complexity index is 601. The van der Waals surface area contributed by atoms with E-state index < -0.39 is 15.8 Å². The molecule has 1 fully saturated rings. The molecule has 1 heterocycles. The monoisotopic (exact) mass is 380 g/mol. The number of nitrogen functional groups attached to an aromatic ring is 1. The highest BCUT2D eigenvalue weighted by atomic mass is 79.9. The van der Waals surface area contributed by atoms with Crippen LogP contribution in [0.15, 0.2) is 16.6 Å². The first-order chi connectivity index (χ1) is 9.77. The Balaban J connectivity index is 2.00. The molecule has 1 aromatic rings. The van der Waals surface area contributed by atoms with Gasteiger partial charge < -0.3 is 10.5 Å². The number of ether oxygens (including phenoxy) is 1. The fourth-order valence-corrected chi connectivity index (χ4v) is 3.90. The Morgan fingerprint density at radius 2 is 2.24 bits per heavy atom. The molecule has 2 rings (SSSR count). The maximum atomic E-state index is 13.1. The number of anilines is 1. The summed E-state index contributed by atoms with van der Waals surface area (Å²) in [4.78, 5) is 0. The molecule has 0 amide bonds. The van der Waals surface area contributed by atoms with Crippen LogP contribution in [0.4, 0.5) is 10.1 Å². The molecule has 0 spiro atoms. The predicted octanol–water partition coefficient (Wildman–Crippen LogP) is 2.22. The Labute approximate surface area is 132 Å². The number of benzene rings is 1. The standard InChI is InChI=1S/C13H18BrFN2O3S/c1-21(18,19)17-4-2-3-9(7-17)8-20-13-11(14)5-10(15)6-12(13)16/h5-6,9H,2-4,7-8,16H2,1H3. The summed E-state index contributed by atoms with van der Waals surface area (Å²) in [6.07, 6.45) is 2.91. The van der Waals surface area contributed by atoms with Gasteiger partial charge in [0.05, 0.1) is 23.0 Å². The SMILES string of the molecule is CS(=O)(=O)N1CCCC(COc2c(N)cc(F)cc2Br)C1. The molecule has 1 aliphatic heterocycles. The van der Waals surface area contributed by atoms with Gasteiger partial charge in [0.25, 0.3) is 0 Å². The maximum absolute atomic E-state index is 13.1. The predicted molar refractivity (Wildman–Crippen MR) is 83.1 cm³/mol. The van der Waals surface area contributed by atoms with Crippen molar-refractivity contribution < 1.29 is 17.5 Å². The van der Waals surface area contributed by atoms with E-state index in [1.807, 2.05) is 0 Å². The highest BCUT2D eigenvalue weighted by molar-refractivity contribution is 9.10. The Hall–Kier alpha value is -0.860. The van der Waals surface area contributed by atoms with Crippen LogP contribution in [0.3, 0.4) is 0 Å². The molecule has 0 radical (unpaired) electrons. The second-order valence-electron chi connectivity index (χ2n) is 5.25. The van der Waals surface area contributed by atoms with Crippen molar-refractivity contribution in [3.63, 3.8) is 0 Å². The Kier molecular flexibility index (Phi) is 5.11. The molecule has 1 saturated heterocycles. The van der Waals surface area contributed by atoms with Crippen LogP contribution in [0.5, 0.6) is 5.75 Å². The van der Waals surface area contributed by atoms with Crippen LogP contribution in [0.25, 0.3) is 0 Å². The maximum Gasteiger partial charge on any atom is 0.211 e. The van der Waals surface area contributed by atoms with Crippen LogP contribution < -0.4 is 10.5 Å². The summed E-state index contributed by atoms with van der Waals surface area (Å²) >= 11 is 3.22. The minimum atomic E-state index is -3.17. The number of nitrogens with zero attached hydrogens (tertiary/aromatic N) is 1. The summed E-state index contributed by atoms with van der Waals surface area (Å²) in [7, 11) is -3.17. The second-order valence-corrected chi connectivity index (χ2v) is 8.08. The van der Waals surface area contributed by atoms with Gasteiger partial charge in [-0.1, -0.05) is 0 Å². The Morgan fingerprint density at radius 1 is 1.52 bits per heavy atom. The lowest BCUT2D eigenvalue weighted by Gasteiger charge is -2.30. The first kappa shape index (κ1) is 16.5. The summed E-state index contributed by atoms with van der Waals surface area (Å²) in [5, 5.41) is 0. The zero-order chi connectivity index (χ0) is 15.6. The van der Waals surface area contributed by atoms with Gasteiger partial charge in [-0.3, -0.25) is 0 Å². The smallest absolute Gasteiger partial charge is 0.211 e. The van der Waals surface area contributed by atoms with E-state index in [0.717, 1.165) is 12.8 Å². The van der Waals surface area contributed by atoms with E-state index in [4.69, 9.17) is 10.5 Å². The second kappa shape index (κ2) is 6.50. The summed E-state index contributed by atoms with van der Waals surface area (Å²) < 4.78 is 43.9. The number of halogens is 2. The number of hydrogen-bond donors (Lipinski definition) is 1. The molecule has 1 aromatic carbocycles. The van der Waals surface area contributed by atoms with Crippen molar-refractivity contribution in [1.29, 1.82) is 0 Å². The van der Waals surface area contributed by atoms with Crippen molar-refractivity contribution in [3.05, 3.63) is 22.4 Å². The van der Waals surface area contributed by atoms with Crippen LogP contribution in [0.2, 0.25) is 0 Å². The van der Waals surface area contributed by atoms with Gasteiger partial charge in [0, 0.05) is 25.1 Å². The van der Waals surface area contributed by atoms with Crippen molar-refractivity contribution in [2.75, 3.05) is 31.7 Å². The molecule has 2 N–H and O–H groups in total. The normalized spacial score (nSPS) is 20.4. The minimum absolute atomic E-state index is 0.102. The van der Waals surface area contributed by atoms with E-state index in [1.165, 1.54) is 22.7 Å². The van der Waals surface area contributed by atoms with Crippen LogP contribution in [-0.4, -0.2) is 38.7 Å². The lowest BCUT2D eigenvalue weighted by molar-refractivity contribution is 0.180. The lowest BCUT2D eigenvalue weighted by Crippen LogP contribution is -2.41. The molecule has 1 aliphatic rings. The van der Waals surface area contributed by atoms with Crippen LogP contribution >= 0.6 is 15.9 Å². The largest absolute Gasteiger partial charge is 0.490 e. The number of nitrogens with two attached hydrogens (primary N) is 1. The van der Waals surface area contributed by atoms with E-state index in [-0.39, 0.29) is 11.6 Å². The molecule has 1 atom stereocenters. The molecule has 21 heavy (non-hydrogen) atoms. The van der Waals surface area contributed by atoms with Gasteiger partial charge in [-0.05, 0) is 34.8 Å². The topological polar surface area (TPSA) is 72.6 Å². The highest BCUT2D eigenvalue weighted by Gasteiger charge is 2.26. The van der Waals surface area contributed by atoms with Crippen molar-refractivity contribution in [1.82, 2.24) is 4.31 Å². The van der Waals surface area contributed by atoms with Crippen LogP contribution in [0, 0.1) is 11.7 Å². The minimum Gasteiger partial charge on any atom is -0.490 e. The number of hydrogen-bond acceptors (Lipinski definition) is 4. The molecule has 0 aliphatic carbocycles. The quantitative estimate of drug-likeness (QED) is 0.812. The van der Waals surface area contributed by atoms with Gasteiger partial charge in [0.15, 0.2) is 5.75 Å². The average Bonchev–Trinajstić information content (AvgIpc) is 2.36. The highest BCUT2D eigenvalue weighted by Crippen LogP contribution is 2.33. The summed E-state index contributed by atoms with van der Waals surface area (Å²) in [5.41, 5.74) is 5.95. The zero-order valence-electron chi connectivity index (χ0n) is 11.7. The van der Waals surface area contributed by atoms with E-state index in [1.54, 1.807) is 0 Å². The van der Waals surface area contributed by atoms with Crippen LogP contribution in [0.1, 0.15) is 12.8 Å². The average molecular weight is 381 g/mol. The Morgan fingerprint density at radius 3 is 2.86 bits per heavy atom. The number of sulfonamides is 1. The van der Waals surface area contributed by atoms with Gasteiger partial charge in [-0.15, -0.1) is 0 Å². The first-order valence-electron chi connectivity index (χ1n) is 6.60. The molecule has 8 heteroatoms. The summed E-state index contributed by atoms with van der Waals surface area (Å²) in [5.74, 6) is 0.0605. The molecular weight excluding hydrogens is 363 g/mol. The third kappa shape index (κ3) is 4.31. The van der Waals surface area contributed by atoms with E-state index in [0.29, 0.717) is 29.9 Å². The van der Waals surface area contributed by atoms with Crippen molar-refractivity contribution in [2.24, 2.45) is 5.92 Å². The molecule has 0 saturated carbocycles. The number of rotatable bonds is 4. The third-order valence-corrected chi connectivity index (χ3v) is 5.31. The summed E-state index contributed by atoms with van der Waals surface area (Å²) in [6, 6.07) is 2.49. The third-order valence-electron chi connectivity index (χ3n) is 3.45. The lowest BCUT2D eigenvalue weighted by atomic mass is 10.0. The molecule has 118 valence electrons. The van der Waals surface area contributed by atoms with Gasteiger partial charge >= 0.3 is 0 Å². The van der Waals surface area contributed by atoms with Crippen LogP contribution in [-0.2, 0) is 10.0 Å². The van der Waals surface area contributed by atoms with Gasteiger partial charge in [0.1, 0.15) is 5.82 Å². The van der Waals surface area contributed by atoms with E-state index in [9.17, 15) is 12.8 Å². The molecule has 1 unspecified atom stereocenters. The van der Waals surface area contributed by atoms with Crippen molar-refractivity contribution in [3.8, 4) is 5.75 Å². The molecule has 0 bridgehead atoms. The van der Waals surface area contributed by atoms with Crippen molar-refractivity contribution in [2.45, 2.75) is 12.8 Å². The molecule has 0 aromatic heterocycles. The van der Waals surface area contributed by atoms with Gasteiger partial charge in [0.2, 0.25) is 10.0 Å². The molecular formula is C13H18BrFN2O3S. The van der Waals surface area contributed by atoms with Crippen molar-refractivity contribution >= 4 is 31.6 Å². The summed E-state index contributed by atoms with van der Waals surface area (Å²) in [6.45, 7) is 1.34. The van der Waals surface area contributed by atoms with Gasteiger partial charge in [-0.2, -0.15) is 0 Å². The van der Waals surface area contributed by atoms with Gasteiger partial charge in [-0.25, -0.2) is 17.1 Å². The fourth-order valence-electron chi connectivity index (χ4n) is 2.40. The fraction of sp³-hybridized carbons (Fsp3) is 0.538. The van der Waals surface area contributed by atoms with E-state index >= 15 is 0 Å². The first-order valence-corrected chi connectivity index (χ1v) is 9.24. The zero-order valence-corrected chi connectivity index (χ0v) is 14.1. The number of piperidine rings is 1.